The van der Waals surface area contributed by atoms with Gasteiger partial charge in [0.2, 0.25) is 0 Å². The molecule has 1 aromatic heterocycles. The second-order valence-electron chi connectivity index (χ2n) is 9.56. The summed E-state index contributed by atoms with van der Waals surface area (Å²) in [6.07, 6.45) is 0.337. The fourth-order valence-electron chi connectivity index (χ4n) is 4.50. The molecule has 36 heavy (non-hydrogen) atoms. The summed E-state index contributed by atoms with van der Waals surface area (Å²) in [4.78, 5) is 14.4. The van der Waals surface area contributed by atoms with Gasteiger partial charge in [-0.15, -0.1) is 11.8 Å². The third kappa shape index (κ3) is 5.22. The molecule has 0 radical (unpaired) electrons. The molecular weight excluding hydrogens is 472 g/mol. The Labute approximate surface area is 215 Å². The highest BCUT2D eigenvalue weighted by Crippen LogP contribution is 2.43. The van der Waals surface area contributed by atoms with Gasteiger partial charge in [-0.3, -0.25) is 0 Å². The average Bonchev–Trinajstić information content (AvgIpc) is 3.11. The topological polar surface area (TPSA) is 97.7 Å². The van der Waals surface area contributed by atoms with Crippen molar-refractivity contribution in [2.24, 2.45) is 12.8 Å². The first-order chi connectivity index (χ1) is 17.1. The monoisotopic (exact) mass is 504 g/mol. The zero-order valence-corrected chi connectivity index (χ0v) is 21.9. The van der Waals surface area contributed by atoms with Gasteiger partial charge in [-0.1, -0.05) is 30.3 Å². The number of nitrogens with zero attached hydrogens (tertiary/aromatic N) is 1. The number of aromatic hydroxyl groups is 2. The minimum Gasteiger partial charge on any atom is -0.508 e. The van der Waals surface area contributed by atoms with Crippen LogP contribution in [0.3, 0.4) is 0 Å². The third-order valence-corrected chi connectivity index (χ3v) is 7.10. The van der Waals surface area contributed by atoms with Crippen molar-refractivity contribution in [2.45, 2.75) is 43.4 Å². The van der Waals surface area contributed by atoms with Crippen LogP contribution >= 0.6 is 11.8 Å². The van der Waals surface area contributed by atoms with E-state index in [4.69, 9.17) is 10.5 Å². The highest BCUT2D eigenvalue weighted by Gasteiger charge is 2.29. The normalized spacial score (nSPS) is 11.7. The lowest BCUT2D eigenvalue weighted by molar-refractivity contribution is 0.0527. The fraction of sp³-hybridized carbons (Fsp3) is 0.276. The van der Waals surface area contributed by atoms with Crippen molar-refractivity contribution in [3.63, 3.8) is 0 Å². The first-order valence-corrected chi connectivity index (χ1v) is 12.9. The summed E-state index contributed by atoms with van der Waals surface area (Å²) in [5, 5.41) is 22.3. The Bertz CT molecular complexity index is 1400. The van der Waals surface area contributed by atoms with Crippen LogP contribution in [0.1, 0.15) is 42.4 Å². The summed E-state index contributed by atoms with van der Waals surface area (Å²) in [6.45, 7) is 5.80. The van der Waals surface area contributed by atoms with Gasteiger partial charge in [0, 0.05) is 45.4 Å². The van der Waals surface area contributed by atoms with E-state index in [1.807, 2.05) is 67.9 Å². The molecule has 0 atom stereocenters. The number of thioether (sulfide) groups is 1. The van der Waals surface area contributed by atoms with Crippen molar-refractivity contribution in [2.75, 3.05) is 6.61 Å². The van der Waals surface area contributed by atoms with Crippen LogP contribution < -0.4 is 5.73 Å². The molecule has 0 saturated carbocycles. The second kappa shape index (κ2) is 10.3. The molecule has 0 unspecified atom stereocenters. The fourth-order valence-corrected chi connectivity index (χ4v) is 5.49. The molecule has 0 aliphatic rings. The van der Waals surface area contributed by atoms with E-state index in [9.17, 15) is 15.0 Å². The number of phenols is 2. The Kier molecular flexibility index (Phi) is 7.33. The zero-order chi connectivity index (χ0) is 26.0. The van der Waals surface area contributed by atoms with Crippen molar-refractivity contribution >= 4 is 28.6 Å². The Morgan fingerprint density at radius 2 is 1.81 bits per heavy atom. The number of carbonyl (C=O) groups is 1. The Balaban J connectivity index is 2.01. The van der Waals surface area contributed by atoms with E-state index in [-0.39, 0.29) is 18.1 Å². The number of aryl methyl sites for hydroxylation is 1. The second-order valence-corrected chi connectivity index (χ2v) is 10.6. The lowest BCUT2D eigenvalue weighted by atomic mass is 9.88. The van der Waals surface area contributed by atoms with Crippen molar-refractivity contribution in [3.05, 3.63) is 77.5 Å². The standard InChI is InChI=1S/C29H32N2O4S/c1-5-35-28(34)26-24(17-36-20-12-7-6-8-13-20)31(4)23-15-21(18-10-9-11-19(32)14-18)27(33)22(25(23)26)16-29(2,3)30/h6-15,32-33H,5,16-17,30H2,1-4H3. The third-order valence-electron chi connectivity index (χ3n) is 6.07. The number of esters is 1. The minimum absolute atomic E-state index is 0.0463. The maximum Gasteiger partial charge on any atom is 0.340 e. The van der Waals surface area contributed by atoms with Crippen LogP contribution in [-0.4, -0.2) is 32.9 Å². The maximum absolute atomic E-state index is 13.3. The summed E-state index contributed by atoms with van der Waals surface area (Å²) in [7, 11) is 1.92. The van der Waals surface area contributed by atoms with Gasteiger partial charge in [-0.05, 0) is 63.1 Å². The predicted octanol–water partition coefficient (Wildman–Crippen LogP) is 6.01. The van der Waals surface area contributed by atoms with E-state index in [2.05, 4.69) is 0 Å². The molecule has 4 N–H and O–H groups in total. The molecule has 3 aromatic carbocycles. The van der Waals surface area contributed by atoms with E-state index in [0.29, 0.717) is 39.8 Å². The SMILES string of the molecule is CCOC(=O)c1c(CSc2ccccc2)n(C)c2cc(-c3cccc(O)c3)c(O)c(CC(C)(C)N)c12. The van der Waals surface area contributed by atoms with E-state index in [1.165, 1.54) is 0 Å². The first kappa shape index (κ1) is 25.7. The molecule has 0 aliphatic heterocycles. The number of carbonyl (C=O) groups excluding carboxylic acids is 1. The minimum atomic E-state index is -0.650. The molecule has 1 heterocycles. The lowest BCUT2D eigenvalue weighted by Crippen LogP contribution is -2.34. The molecule has 0 bridgehead atoms. The van der Waals surface area contributed by atoms with Gasteiger partial charge in [0.15, 0.2) is 0 Å². The highest BCUT2D eigenvalue weighted by molar-refractivity contribution is 7.98. The predicted molar refractivity (Wildman–Crippen MR) is 146 cm³/mol. The van der Waals surface area contributed by atoms with Gasteiger partial charge in [0.1, 0.15) is 11.5 Å². The van der Waals surface area contributed by atoms with Crippen LogP contribution in [0.4, 0.5) is 0 Å². The molecule has 7 heteroatoms. The van der Waals surface area contributed by atoms with Gasteiger partial charge >= 0.3 is 5.97 Å². The lowest BCUT2D eigenvalue weighted by Gasteiger charge is -2.22. The zero-order valence-electron chi connectivity index (χ0n) is 21.0. The Hall–Kier alpha value is -3.42. The van der Waals surface area contributed by atoms with Crippen molar-refractivity contribution < 1.29 is 19.7 Å². The van der Waals surface area contributed by atoms with Crippen LogP contribution in [0.5, 0.6) is 11.5 Å². The number of benzene rings is 3. The Morgan fingerprint density at radius 3 is 2.44 bits per heavy atom. The van der Waals surface area contributed by atoms with Crippen LogP contribution in [0.2, 0.25) is 0 Å². The van der Waals surface area contributed by atoms with Crippen molar-refractivity contribution in [1.29, 1.82) is 0 Å². The smallest absolute Gasteiger partial charge is 0.340 e. The molecule has 6 nitrogen and oxygen atoms in total. The number of fused-ring (bicyclic) bond motifs is 1. The number of hydrogen-bond acceptors (Lipinski definition) is 6. The largest absolute Gasteiger partial charge is 0.508 e. The van der Waals surface area contributed by atoms with Gasteiger partial charge in [0.25, 0.3) is 0 Å². The van der Waals surface area contributed by atoms with E-state index in [0.717, 1.165) is 16.1 Å². The number of ether oxygens (including phenoxy) is 1. The number of nitrogens with two attached hydrogens (primary N) is 1. The number of aromatic nitrogens is 1. The Morgan fingerprint density at radius 1 is 1.08 bits per heavy atom. The van der Waals surface area contributed by atoms with E-state index in [1.54, 1.807) is 36.9 Å². The van der Waals surface area contributed by atoms with E-state index < -0.39 is 11.5 Å². The van der Waals surface area contributed by atoms with Crippen LogP contribution in [0.15, 0.2) is 65.6 Å². The molecule has 0 aliphatic carbocycles. The quantitative estimate of drug-likeness (QED) is 0.201. The van der Waals surface area contributed by atoms with Crippen molar-refractivity contribution in [1.82, 2.24) is 4.57 Å². The molecule has 0 saturated heterocycles. The summed E-state index contributed by atoms with van der Waals surface area (Å²) in [6, 6.07) is 18.6. The molecule has 4 aromatic rings. The van der Waals surface area contributed by atoms with Gasteiger partial charge in [0.05, 0.1) is 17.7 Å². The molecule has 4 rings (SSSR count). The highest BCUT2D eigenvalue weighted by atomic mass is 32.2. The summed E-state index contributed by atoms with van der Waals surface area (Å²) >= 11 is 1.63. The molecule has 188 valence electrons. The van der Waals surface area contributed by atoms with Crippen molar-refractivity contribution in [3.8, 4) is 22.6 Å². The summed E-state index contributed by atoms with van der Waals surface area (Å²) in [5.41, 5.74) is 9.65. The van der Waals surface area contributed by atoms with Crippen LogP contribution in [-0.2, 0) is 24.0 Å². The number of phenolic OH excluding ortho intramolecular Hbond substituents is 2. The van der Waals surface area contributed by atoms with E-state index >= 15 is 0 Å². The molecule has 0 amide bonds. The molecule has 0 spiro atoms. The van der Waals surface area contributed by atoms with Crippen LogP contribution in [0.25, 0.3) is 22.0 Å². The molecule has 0 fully saturated rings. The van der Waals surface area contributed by atoms with Gasteiger partial charge in [-0.2, -0.15) is 0 Å². The van der Waals surface area contributed by atoms with Crippen LogP contribution in [0, 0.1) is 0 Å². The summed E-state index contributed by atoms with van der Waals surface area (Å²) < 4.78 is 7.49. The first-order valence-electron chi connectivity index (χ1n) is 11.9. The maximum atomic E-state index is 13.3. The number of rotatable bonds is 8. The number of hydrogen-bond donors (Lipinski definition) is 3. The summed E-state index contributed by atoms with van der Waals surface area (Å²) in [5.74, 6) is 0.265. The van der Waals surface area contributed by atoms with Gasteiger partial charge < -0.3 is 25.3 Å². The molecular formula is C29H32N2O4S. The average molecular weight is 505 g/mol. The van der Waals surface area contributed by atoms with Gasteiger partial charge in [-0.25, -0.2) is 4.79 Å².